The van der Waals surface area contributed by atoms with E-state index in [9.17, 15) is 9.90 Å². The Bertz CT molecular complexity index is 731. The molecule has 4 nitrogen and oxygen atoms in total. The molecule has 1 aliphatic heterocycles. The largest absolute Gasteiger partial charge is 0.494 e. The molecule has 4 heteroatoms. The number of rotatable bonds is 8. The summed E-state index contributed by atoms with van der Waals surface area (Å²) in [7, 11) is 0. The topological polar surface area (TPSA) is 49.8 Å². The van der Waals surface area contributed by atoms with Crippen LogP contribution in [-0.2, 0) is 17.8 Å². The number of aryl methyl sites for hydroxylation is 1. The molecule has 3 rings (SSSR count). The fraction of sp³-hybridized carbons (Fsp3) is 0.435. The lowest BCUT2D eigenvalue weighted by Gasteiger charge is -2.37. The van der Waals surface area contributed by atoms with Gasteiger partial charge in [0, 0.05) is 12.6 Å². The van der Waals surface area contributed by atoms with Gasteiger partial charge >= 0.3 is 5.97 Å². The van der Waals surface area contributed by atoms with Gasteiger partial charge in [-0.1, -0.05) is 42.5 Å². The van der Waals surface area contributed by atoms with E-state index in [2.05, 4.69) is 41.3 Å². The minimum Gasteiger partial charge on any atom is -0.494 e. The molecule has 1 aliphatic rings. The number of carboxylic acid groups (broad SMARTS) is 1. The van der Waals surface area contributed by atoms with Gasteiger partial charge in [-0.05, 0) is 62.4 Å². The third-order valence-corrected chi connectivity index (χ3v) is 5.44. The van der Waals surface area contributed by atoms with Gasteiger partial charge in [-0.25, -0.2) is 0 Å². The van der Waals surface area contributed by atoms with Gasteiger partial charge in [0.15, 0.2) is 0 Å². The zero-order valence-corrected chi connectivity index (χ0v) is 16.0. The summed E-state index contributed by atoms with van der Waals surface area (Å²) in [5.41, 5.74) is 2.51. The second-order valence-electron chi connectivity index (χ2n) is 7.38. The summed E-state index contributed by atoms with van der Waals surface area (Å²) in [5, 5.41) is 9.39. The molecule has 1 fully saturated rings. The fourth-order valence-corrected chi connectivity index (χ4v) is 3.85. The lowest BCUT2D eigenvalue weighted by Crippen LogP contribution is -2.45. The van der Waals surface area contributed by atoms with Crippen LogP contribution in [-0.4, -0.2) is 35.2 Å². The Morgan fingerprint density at radius 1 is 1.15 bits per heavy atom. The van der Waals surface area contributed by atoms with Gasteiger partial charge in [0.05, 0.1) is 12.5 Å². The van der Waals surface area contributed by atoms with E-state index in [1.54, 1.807) is 0 Å². The zero-order chi connectivity index (χ0) is 19.1. The minimum absolute atomic E-state index is 0.0618. The molecular formula is C23H29NO3. The van der Waals surface area contributed by atoms with E-state index in [0.717, 1.165) is 44.5 Å². The highest BCUT2D eigenvalue weighted by Crippen LogP contribution is 2.26. The molecule has 0 aromatic heterocycles. The van der Waals surface area contributed by atoms with E-state index in [4.69, 9.17) is 4.74 Å². The molecule has 2 atom stereocenters. The van der Waals surface area contributed by atoms with Crippen LogP contribution < -0.4 is 4.74 Å². The zero-order valence-electron chi connectivity index (χ0n) is 16.0. The SMILES string of the molecule is C[C@@H]1[C@H](C(=O)O)CCCN1Cc1cccc(OCCCc2ccccc2)c1. The summed E-state index contributed by atoms with van der Waals surface area (Å²) in [6.07, 6.45) is 3.72. The van der Waals surface area contributed by atoms with Gasteiger partial charge in [0.25, 0.3) is 0 Å². The molecule has 144 valence electrons. The molecule has 0 unspecified atom stereocenters. The maximum Gasteiger partial charge on any atom is 0.308 e. The number of nitrogens with zero attached hydrogens (tertiary/aromatic N) is 1. The van der Waals surface area contributed by atoms with Crippen LogP contribution >= 0.6 is 0 Å². The third-order valence-electron chi connectivity index (χ3n) is 5.44. The van der Waals surface area contributed by atoms with Gasteiger partial charge in [-0.3, -0.25) is 9.69 Å². The molecule has 0 aliphatic carbocycles. The first-order valence-corrected chi connectivity index (χ1v) is 9.86. The molecule has 1 heterocycles. The van der Waals surface area contributed by atoms with Crippen LogP contribution in [0.15, 0.2) is 54.6 Å². The summed E-state index contributed by atoms with van der Waals surface area (Å²) < 4.78 is 5.93. The van der Waals surface area contributed by atoms with Crippen molar-refractivity contribution >= 4 is 5.97 Å². The number of aliphatic carboxylic acids is 1. The lowest BCUT2D eigenvalue weighted by molar-refractivity contribution is -0.145. The third kappa shape index (κ3) is 5.57. The Balaban J connectivity index is 1.50. The van der Waals surface area contributed by atoms with E-state index in [1.807, 2.05) is 25.1 Å². The molecule has 2 aromatic rings. The van der Waals surface area contributed by atoms with Crippen molar-refractivity contribution in [1.82, 2.24) is 4.90 Å². The molecule has 0 bridgehead atoms. The Morgan fingerprint density at radius 2 is 1.93 bits per heavy atom. The van der Waals surface area contributed by atoms with Crippen LogP contribution in [0.3, 0.4) is 0 Å². The van der Waals surface area contributed by atoms with Crippen LogP contribution in [0.4, 0.5) is 0 Å². The number of hydrogen-bond acceptors (Lipinski definition) is 3. The monoisotopic (exact) mass is 367 g/mol. The molecule has 2 aromatic carbocycles. The smallest absolute Gasteiger partial charge is 0.308 e. The Labute approximate surface area is 161 Å². The van der Waals surface area contributed by atoms with Crippen molar-refractivity contribution in [2.75, 3.05) is 13.2 Å². The maximum absolute atomic E-state index is 11.4. The predicted octanol–water partition coefficient (Wildman–Crippen LogP) is 4.38. The number of hydrogen-bond donors (Lipinski definition) is 1. The Kier molecular flexibility index (Phi) is 6.88. The standard InChI is InChI=1S/C23H29NO3/c1-18-22(23(25)26)13-6-14-24(18)17-20-10-5-12-21(16-20)27-15-7-11-19-8-3-2-4-9-19/h2-5,8-10,12,16,18,22H,6-7,11,13-15,17H2,1H3,(H,25,26)/t18-,22-/m1/s1. The van der Waals surface area contributed by atoms with Gasteiger partial charge in [0.1, 0.15) is 5.75 Å². The maximum atomic E-state index is 11.4. The van der Waals surface area contributed by atoms with Gasteiger partial charge in [-0.15, -0.1) is 0 Å². The molecule has 27 heavy (non-hydrogen) atoms. The Hall–Kier alpha value is -2.33. The highest BCUT2D eigenvalue weighted by Gasteiger charge is 2.32. The minimum atomic E-state index is -0.678. The molecule has 0 spiro atoms. The van der Waals surface area contributed by atoms with Crippen molar-refractivity contribution in [1.29, 1.82) is 0 Å². The van der Waals surface area contributed by atoms with Crippen molar-refractivity contribution in [2.45, 2.75) is 45.2 Å². The lowest BCUT2D eigenvalue weighted by atomic mass is 9.90. The summed E-state index contributed by atoms with van der Waals surface area (Å²) in [5.74, 6) is -0.0566. The van der Waals surface area contributed by atoms with E-state index < -0.39 is 5.97 Å². The first-order chi connectivity index (χ1) is 13.1. The number of piperidine rings is 1. The van der Waals surface area contributed by atoms with E-state index in [0.29, 0.717) is 6.61 Å². The van der Waals surface area contributed by atoms with Crippen molar-refractivity contribution in [3.8, 4) is 5.75 Å². The average Bonchev–Trinajstić information content (AvgIpc) is 2.68. The molecule has 0 radical (unpaired) electrons. The molecule has 0 amide bonds. The van der Waals surface area contributed by atoms with Crippen LogP contribution in [0.1, 0.15) is 37.3 Å². The second-order valence-corrected chi connectivity index (χ2v) is 7.38. The predicted molar refractivity (Wildman–Crippen MR) is 107 cm³/mol. The number of carboxylic acids is 1. The second kappa shape index (κ2) is 9.56. The summed E-state index contributed by atoms with van der Waals surface area (Å²) in [6.45, 7) is 4.45. The molecule has 0 saturated carbocycles. The van der Waals surface area contributed by atoms with Crippen LogP contribution in [0.25, 0.3) is 0 Å². The fourth-order valence-electron chi connectivity index (χ4n) is 3.85. The van der Waals surface area contributed by atoms with Crippen LogP contribution in [0, 0.1) is 5.92 Å². The van der Waals surface area contributed by atoms with Crippen molar-refractivity contribution < 1.29 is 14.6 Å². The number of likely N-dealkylation sites (tertiary alicyclic amines) is 1. The highest BCUT2D eigenvalue weighted by molar-refractivity contribution is 5.71. The first kappa shape index (κ1) is 19.4. The van der Waals surface area contributed by atoms with Crippen molar-refractivity contribution in [3.05, 3.63) is 65.7 Å². The van der Waals surface area contributed by atoms with Crippen LogP contribution in [0.2, 0.25) is 0 Å². The molecule has 1 saturated heterocycles. The number of benzene rings is 2. The number of ether oxygens (including phenoxy) is 1. The first-order valence-electron chi connectivity index (χ1n) is 9.86. The summed E-state index contributed by atoms with van der Waals surface area (Å²) in [4.78, 5) is 13.7. The van der Waals surface area contributed by atoms with E-state index in [-0.39, 0.29) is 12.0 Å². The molecular weight excluding hydrogens is 338 g/mol. The quantitative estimate of drug-likeness (QED) is 0.703. The summed E-state index contributed by atoms with van der Waals surface area (Å²) in [6, 6.07) is 18.7. The van der Waals surface area contributed by atoms with E-state index >= 15 is 0 Å². The number of carbonyl (C=O) groups is 1. The van der Waals surface area contributed by atoms with Gasteiger partial charge in [0.2, 0.25) is 0 Å². The summed E-state index contributed by atoms with van der Waals surface area (Å²) >= 11 is 0. The van der Waals surface area contributed by atoms with Crippen molar-refractivity contribution in [2.24, 2.45) is 5.92 Å². The van der Waals surface area contributed by atoms with Gasteiger partial charge in [-0.2, -0.15) is 0 Å². The van der Waals surface area contributed by atoms with Crippen LogP contribution in [0.5, 0.6) is 5.75 Å². The van der Waals surface area contributed by atoms with E-state index in [1.165, 1.54) is 11.1 Å². The average molecular weight is 367 g/mol. The van der Waals surface area contributed by atoms with Crippen molar-refractivity contribution in [3.63, 3.8) is 0 Å². The normalized spacial score (nSPS) is 20.3. The Morgan fingerprint density at radius 3 is 2.70 bits per heavy atom. The highest BCUT2D eigenvalue weighted by atomic mass is 16.5. The van der Waals surface area contributed by atoms with Gasteiger partial charge < -0.3 is 9.84 Å². The molecule has 1 N–H and O–H groups in total.